The zero-order chi connectivity index (χ0) is 53.3. The molecule has 0 radical (unpaired) electrons. The van der Waals surface area contributed by atoms with E-state index in [0.29, 0.717) is 11.8 Å². The van der Waals surface area contributed by atoms with Gasteiger partial charge in [0.2, 0.25) is 0 Å². The summed E-state index contributed by atoms with van der Waals surface area (Å²) in [7, 11) is 0. The Balaban J connectivity index is 1.14. The van der Waals surface area contributed by atoms with Crippen LogP contribution in [0.1, 0.15) is 148 Å². The SMILES string of the molecule is C[C@@H]1C2CCC(C)(C2)C2=Cc3c(sc4c3B3c5cc6ccccc6cc5N(c5cc(C(C)(C)C)cc(C(C)(C)C)c5)c5cc(N(c6ccccc6)c6ccccc6)cc(c53)N4c3ccc4c(c3)C(C)(C)CCC4(C)C)CC21. The van der Waals surface area contributed by atoms with Gasteiger partial charge in [-0.2, -0.15) is 0 Å². The summed E-state index contributed by atoms with van der Waals surface area (Å²) >= 11 is 2.12. The van der Waals surface area contributed by atoms with Gasteiger partial charge in [0.1, 0.15) is 0 Å². The van der Waals surface area contributed by atoms with Gasteiger partial charge in [0.25, 0.3) is 6.71 Å². The van der Waals surface area contributed by atoms with Crippen LogP contribution in [0.4, 0.5) is 50.5 Å². The molecular weight excluding hydrogens is 950 g/mol. The normalized spacial score (nSPS) is 22.4. The van der Waals surface area contributed by atoms with E-state index in [1.807, 2.05) is 0 Å². The highest BCUT2D eigenvalue weighted by atomic mass is 32.1. The van der Waals surface area contributed by atoms with Crippen molar-refractivity contribution in [2.45, 2.75) is 143 Å². The van der Waals surface area contributed by atoms with Crippen LogP contribution in [0.2, 0.25) is 0 Å². The van der Waals surface area contributed by atoms with Gasteiger partial charge in [0.15, 0.2) is 0 Å². The molecule has 388 valence electrons. The number of allylic oxidation sites excluding steroid dienone is 1. The largest absolute Gasteiger partial charge is 0.311 e. The van der Waals surface area contributed by atoms with Crippen molar-refractivity contribution in [1.82, 2.24) is 0 Å². The molecule has 77 heavy (non-hydrogen) atoms. The van der Waals surface area contributed by atoms with Crippen molar-refractivity contribution in [3.63, 3.8) is 0 Å². The van der Waals surface area contributed by atoms with E-state index in [-0.39, 0.29) is 33.8 Å². The lowest BCUT2D eigenvalue weighted by atomic mass is 9.33. The molecule has 0 N–H and O–H groups in total. The Morgan fingerprint density at radius 2 is 1.17 bits per heavy atom. The number of rotatable bonds is 5. The molecule has 7 aromatic carbocycles. The van der Waals surface area contributed by atoms with Gasteiger partial charge < -0.3 is 14.7 Å². The van der Waals surface area contributed by atoms with Crippen molar-refractivity contribution in [1.29, 1.82) is 0 Å². The first-order valence-corrected chi connectivity index (χ1v) is 29.9. The van der Waals surface area contributed by atoms with Gasteiger partial charge >= 0.3 is 0 Å². The molecule has 4 aliphatic carbocycles. The molecule has 0 amide bonds. The summed E-state index contributed by atoms with van der Waals surface area (Å²) < 4.78 is 0. The predicted molar refractivity (Wildman–Crippen MR) is 333 cm³/mol. The second-order valence-electron chi connectivity index (χ2n) is 28.0. The predicted octanol–water partition coefficient (Wildman–Crippen LogP) is 18.4. The fraction of sp³-hybridized carbons (Fsp3) is 0.361. The minimum Gasteiger partial charge on any atom is -0.311 e. The molecule has 0 spiro atoms. The first-order chi connectivity index (χ1) is 36.7. The lowest BCUT2D eigenvalue weighted by Crippen LogP contribution is -2.61. The summed E-state index contributed by atoms with van der Waals surface area (Å²) in [5.74, 6) is 2.10. The van der Waals surface area contributed by atoms with E-state index in [4.69, 9.17) is 0 Å². The minimum atomic E-state index is -0.0760. The van der Waals surface area contributed by atoms with Crippen LogP contribution >= 0.6 is 11.3 Å². The smallest absolute Gasteiger partial charge is 0.254 e. The van der Waals surface area contributed by atoms with Crippen molar-refractivity contribution in [3.8, 4) is 0 Å². The molecule has 4 atom stereocenters. The molecule has 2 fully saturated rings. The number of benzene rings is 7. The molecule has 1 aromatic heterocycles. The third-order valence-corrected chi connectivity index (χ3v) is 21.3. The monoisotopic (exact) mass is 1030 g/mol. The van der Waals surface area contributed by atoms with Gasteiger partial charge in [-0.3, -0.25) is 0 Å². The zero-order valence-corrected chi connectivity index (χ0v) is 48.6. The number of fused-ring (bicyclic) bond motifs is 12. The molecule has 14 rings (SSSR count). The van der Waals surface area contributed by atoms with E-state index in [1.54, 1.807) is 10.5 Å². The molecule has 0 saturated heterocycles. The van der Waals surface area contributed by atoms with Crippen LogP contribution in [0.25, 0.3) is 16.8 Å². The van der Waals surface area contributed by atoms with Crippen LogP contribution in [0.15, 0.2) is 151 Å². The van der Waals surface area contributed by atoms with E-state index in [2.05, 4.69) is 261 Å². The van der Waals surface area contributed by atoms with E-state index in [9.17, 15) is 0 Å². The summed E-state index contributed by atoms with van der Waals surface area (Å²) in [6, 6.07) is 56.8. The zero-order valence-electron chi connectivity index (χ0n) is 47.7. The molecule has 2 bridgehead atoms. The second kappa shape index (κ2) is 16.9. The van der Waals surface area contributed by atoms with Gasteiger partial charge in [0.05, 0.1) is 10.7 Å². The molecule has 2 aliphatic heterocycles. The maximum Gasteiger partial charge on any atom is 0.254 e. The maximum absolute atomic E-state index is 2.80. The van der Waals surface area contributed by atoms with Crippen LogP contribution in [-0.2, 0) is 28.1 Å². The summed E-state index contributed by atoms with van der Waals surface area (Å²) in [4.78, 5) is 9.56. The van der Waals surface area contributed by atoms with Gasteiger partial charge in [0, 0.05) is 44.7 Å². The summed E-state index contributed by atoms with van der Waals surface area (Å²) in [6.07, 6.45) is 10.3. The first-order valence-electron chi connectivity index (χ1n) is 29.1. The number of anilines is 9. The second-order valence-corrected chi connectivity index (χ2v) is 29.1. The molecule has 3 unspecified atom stereocenters. The van der Waals surface area contributed by atoms with Crippen molar-refractivity contribution in [2.75, 3.05) is 14.7 Å². The van der Waals surface area contributed by atoms with Gasteiger partial charge in [-0.25, -0.2) is 0 Å². The third-order valence-electron chi connectivity index (χ3n) is 20.1. The van der Waals surface area contributed by atoms with E-state index in [0.717, 1.165) is 29.4 Å². The van der Waals surface area contributed by atoms with E-state index >= 15 is 0 Å². The first kappa shape index (κ1) is 49.0. The molecule has 6 aliphatic rings. The van der Waals surface area contributed by atoms with Crippen LogP contribution < -0.4 is 31.1 Å². The Hall–Kier alpha value is -6.30. The van der Waals surface area contributed by atoms with Crippen LogP contribution in [-0.4, -0.2) is 6.71 Å². The highest BCUT2D eigenvalue weighted by Crippen LogP contribution is 2.62. The Kier molecular flexibility index (Phi) is 10.7. The number of para-hydroxylation sites is 2. The van der Waals surface area contributed by atoms with Crippen LogP contribution in [0, 0.1) is 23.2 Å². The lowest BCUT2D eigenvalue weighted by molar-refractivity contribution is 0.188. The number of thiophene rings is 1. The number of nitrogens with zero attached hydrogens (tertiary/aromatic N) is 3. The van der Waals surface area contributed by atoms with Crippen LogP contribution in [0.5, 0.6) is 0 Å². The molecule has 3 heterocycles. The quantitative estimate of drug-likeness (QED) is 0.159. The fourth-order valence-electron chi connectivity index (χ4n) is 15.5. The highest BCUT2D eigenvalue weighted by Gasteiger charge is 2.53. The molecule has 8 aromatic rings. The fourth-order valence-corrected chi connectivity index (χ4v) is 16.9. The Labute approximate surface area is 464 Å². The molecule has 3 nitrogen and oxygen atoms in total. The number of hydrogen-bond acceptors (Lipinski definition) is 4. The summed E-state index contributed by atoms with van der Waals surface area (Å²) in [5, 5.41) is 3.96. The van der Waals surface area contributed by atoms with Crippen molar-refractivity contribution in [2.24, 2.45) is 23.2 Å². The average Bonchev–Trinajstić information content (AvgIpc) is 4.23. The van der Waals surface area contributed by atoms with E-state index in [1.165, 1.54) is 121 Å². The topological polar surface area (TPSA) is 9.72 Å². The maximum atomic E-state index is 2.80. The van der Waals surface area contributed by atoms with Crippen molar-refractivity contribution >= 4 is 102 Å². The Bertz CT molecular complexity index is 3680. The van der Waals surface area contributed by atoms with E-state index < -0.39 is 0 Å². The Morgan fingerprint density at radius 3 is 1.81 bits per heavy atom. The van der Waals surface area contributed by atoms with Crippen molar-refractivity contribution < 1.29 is 0 Å². The Morgan fingerprint density at radius 1 is 0.571 bits per heavy atom. The van der Waals surface area contributed by atoms with Gasteiger partial charge in [-0.1, -0.05) is 174 Å². The average molecular weight is 1030 g/mol. The summed E-state index contributed by atoms with van der Waals surface area (Å²) in [5.41, 5.74) is 23.2. The van der Waals surface area contributed by atoms with Gasteiger partial charge in [-0.15, -0.1) is 11.3 Å². The van der Waals surface area contributed by atoms with Gasteiger partial charge in [-0.05, 0) is 205 Å². The summed E-state index contributed by atoms with van der Waals surface area (Å²) in [6.45, 7) is 29.4. The minimum absolute atomic E-state index is 0.00232. The standard InChI is InChI=1S/C72H76BN3S/c1-44-47-29-30-72(12,43-47)58-41-56-64(42-55(44)58)77-67-65(56)73-60-33-45-21-19-20-22-46(45)34-61(60)75(53-36-48(68(2,3)4)35-49(37-53)69(5,6)7)62-39-54(74(50-23-15-13-16-24-50)51-25-17-14-18-26-51)40-63(66(62)73)76(67)52-27-28-57-59(38-52)71(10,11)32-31-70(57,8)9/h13-28,33-41,44,47,55H,29-32,42-43H2,1-12H3/t44-,47?,55?,72?/m1/s1. The highest BCUT2D eigenvalue weighted by molar-refractivity contribution is 7.20. The number of hydrogen-bond donors (Lipinski definition) is 0. The molecule has 2 saturated carbocycles. The lowest BCUT2D eigenvalue weighted by Gasteiger charge is -2.46. The molecular formula is C72H76BN3S. The van der Waals surface area contributed by atoms with Crippen LogP contribution in [0.3, 0.4) is 0 Å². The van der Waals surface area contributed by atoms with Crippen molar-refractivity contribution in [3.05, 3.63) is 184 Å². The third kappa shape index (κ3) is 7.55. The molecule has 5 heteroatoms.